The zero-order chi connectivity index (χ0) is 21.6. The molecule has 0 fully saturated rings. The minimum Gasteiger partial charge on any atom is -0.505 e. The molecule has 1 heterocycles. The van der Waals surface area contributed by atoms with Crippen LogP contribution < -0.4 is 4.74 Å². The predicted molar refractivity (Wildman–Crippen MR) is 105 cm³/mol. The Balaban J connectivity index is 0.000000537. The topological polar surface area (TPSA) is 143 Å². The van der Waals surface area contributed by atoms with Crippen molar-refractivity contribution < 1.29 is 36.9 Å². The molecule has 0 amide bonds. The summed E-state index contributed by atoms with van der Waals surface area (Å²) in [5.74, 6) is 0.529. The third kappa shape index (κ3) is 6.42. The number of aromatic hydroxyl groups is 1. The molecule has 2 aromatic carbocycles. The monoisotopic (exact) mass is 421 g/mol. The van der Waals surface area contributed by atoms with Crippen LogP contribution in [0, 0.1) is 6.92 Å². The van der Waals surface area contributed by atoms with Crippen molar-refractivity contribution in [3.8, 4) is 17.2 Å². The van der Waals surface area contributed by atoms with E-state index in [1.807, 2.05) is 30.3 Å². The Labute approximate surface area is 167 Å². The number of carbonyl (C=O) groups is 1. The van der Waals surface area contributed by atoms with E-state index in [1.54, 1.807) is 32.0 Å². The molecule has 154 valence electrons. The maximum Gasteiger partial charge on any atom is 0.394 e. The number of pyridine rings is 1. The quantitative estimate of drug-likeness (QED) is 0.425. The lowest BCUT2D eigenvalue weighted by molar-refractivity contribution is 0.0516. The van der Waals surface area contributed by atoms with Gasteiger partial charge in [-0.1, -0.05) is 18.2 Å². The molecule has 9 nitrogen and oxygen atoms in total. The van der Waals surface area contributed by atoms with Crippen molar-refractivity contribution in [3.63, 3.8) is 0 Å². The minimum absolute atomic E-state index is 0.0708. The normalized spacial score (nSPS) is 10.8. The van der Waals surface area contributed by atoms with Crippen LogP contribution >= 0.6 is 0 Å². The summed E-state index contributed by atoms with van der Waals surface area (Å²) in [5, 5.41) is 11.6. The number of aryl methyl sites for hydroxylation is 1. The van der Waals surface area contributed by atoms with Crippen LogP contribution in [-0.4, -0.2) is 40.2 Å². The van der Waals surface area contributed by atoms with Crippen LogP contribution in [0.4, 0.5) is 0 Å². The van der Waals surface area contributed by atoms with E-state index in [0.717, 1.165) is 5.75 Å². The van der Waals surface area contributed by atoms with Crippen molar-refractivity contribution in [2.45, 2.75) is 13.8 Å². The molecule has 0 aliphatic rings. The second-order valence-corrected chi connectivity index (χ2v) is 6.58. The van der Waals surface area contributed by atoms with Gasteiger partial charge in [0.15, 0.2) is 11.4 Å². The van der Waals surface area contributed by atoms with Crippen LogP contribution in [-0.2, 0) is 15.1 Å². The number of para-hydroxylation sites is 1. The number of fused-ring (bicyclic) bond motifs is 1. The molecule has 0 spiro atoms. The number of carbonyl (C=O) groups excluding carboxylic acids is 1. The highest BCUT2D eigenvalue weighted by molar-refractivity contribution is 7.79. The van der Waals surface area contributed by atoms with Gasteiger partial charge < -0.3 is 14.6 Å². The van der Waals surface area contributed by atoms with E-state index in [0.29, 0.717) is 22.2 Å². The number of ether oxygens (including phenoxy) is 2. The highest BCUT2D eigenvalue weighted by Crippen LogP contribution is 2.33. The Kier molecular flexibility index (Phi) is 7.10. The van der Waals surface area contributed by atoms with Crippen molar-refractivity contribution in [1.82, 2.24) is 4.98 Å². The number of esters is 1. The van der Waals surface area contributed by atoms with E-state index in [9.17, 15) is 9.90 Å². The number of hydrogen-bond acceptors (Lipinski definition) is 7. The molecule has 0 unspecified atom stereocenters. The van der Waals surface area contributed by atoms with Gasteiger partial charge in [0.25, 0.3) is 0 Å². The molecular weight excluding hydrogens is 402 g/mol. The lowest BCUT2D eigenvalue weighted by Crippen LogP contribution is -2.08. The first-order valence-electron chi connectivity index (χ1n) is 8.33. The summed E-state index contributed by atoms with van der Waals surface area (Å²) in [4.78, 5) is 16.1. The molecule has 0 atom stereocenters. The smallest absolute Gasteiger partial charge is 0.394 e. The molecule has 3 N–H and O–H groups in total. The zero-order valence-corrected chi connectivity index (χ0v) is 16.4. The fourth-order valence-corrected chi connectivity index (χ4v) is 2.47. The summed E-state index contributed by atoms with van der Waals surface area (Å²) in [5.41, 5.74) is 0.544. The summed E-state index contributed by atoms with van der Waals surface area (Å²) >= 11 is 0. The Morgan fingerprint density at radius 1 is 1.03 bits per heavy atom. The zero-order valence-electron chi connectivity index (χ0n) is 15.6. The highest BCUT2D eigenvalue weighted by atomic mass is 32.3. The molecule has 0 saturated carbocycles. The number of aromatic nitrogens is 1. The number of benzene rings is 2. The first kappa shape index (κ1) is 22.1. The first-order chi connectivity index (χ1) is 13.6. The van der Waals surface area contributed by atoms with Crippen LogP contribution in [0.3, 0.4) is 0 Å². The van der Waals surface area contributed by atoms with Gasteiger partial charge in [0.2, 0.25) is 0 Å². The van der Waals surface area contributed by atoms with Gasteiger partial charge in [0.1, 0.15) is 11.5 Å². The SMILES string of the molecule is CCOC(=O)c1nc(C)c2cc(Oc3ccccc3)ccc2c1O.O=S(=O)(O)O. The van der Waals surface area contributed by atoms with E-state index in [1.165, 1.54) is 0 Å². The highest BCUT2D eigenvalue weighted by Gasteiger charge is 2.19. The second kappa shape index (κ2) is 9.32. The van der Waals surface area contributed by atoms with E-state index in [2.05, 4.69) is 4.98 Å². The van der Waals surface area contributed by atoms with Gasteiger partial charge >= 0.3 is 16.4 Å². The van der Waals surface area contributed by atoms with Crippen molar-refractivity contribution in [2.24, 2.45) is 0 Å². The van der Waals surface area contributed by atoms with Crippen molar-refractivity contribution >= 4 is 27.1 Å². The first-order valence-corrected chi connectivity index (χ1v) is 9.73. The Morgan fingerprint density at radius 3 is 2.24 bits per heavy atom. The molecule has 10 heteroatoms. The maximum absolute atomic E-state index is 11.9. The number of rotatable bonds is 4. The summed E-state index contributed by atoms with van der Waals surface area (Å²) < 4.78 is 42.3. The van der Waals surface area contributed by atoms with Crippen LogP contribution in [0.2, 0.25) is 0 Å². The third-order valence-corrected chi connectivity index (χ3v) is 3.59. The Bertz CT molecular complexity index is 1110. The molecule has 0 radical (unpaired) electrons. The number of hydrogen-bond donors (Lipinski definition) is 3. The van der Waals surface area contributed by atoms with Gasteiger partial charge in [0, 0.05) is 16.5 Å². The van der Waals surface area contributed by atoms with Crippen LogP contribution in [0.1, 0.15) is 23.1 Å². The fourth-order valence-electron chi connectivity index (χ4n) is 2.47. The molecular formula is C19H19NO8S. The molecule has 3 rings (SSSR count). The van der Waals surface area contributed by atoms with Gasteiger partial charge in [-0.2, -0.15) is 8.42 Å². The summed E-state index contributed by atoms with van der Waals surface area (Å²) in [6, 6.07) is 14.6. The molecule has 29 heavy (non-hydrogen) atoms. The van der Waals surface area contributed by atoms with Crippen molar-refractivity contribution in [2.75, 3.05) is 6.61 Å². The van der Waals surface area contributed by atoms with Crippen molar-refractivity contribution in [1.29, 1.82) is 0 Å². The summed E-state index contributed by atoms with van der Waals surface area (Å²) in [7, 11) is -4.67. The van der Waals surface area contributed by atoms with E-state index in [4.69, 9.17) is 27.0 Å². The van der Waals surface area contributed by atoms with Crippen LogP contribution in [0.25, 0.3) is 10.8 Å². The Morgan fingerprint density at radius 2 is 1.66 bits per heavy atom. The second-order valence-electron chi connectivity index (χ2n) is 5.69. The molecule has 3 aromatic rings. The average Bonchev–Trinajstić information content (AvgIpc) is 2.64. The molecule has 0 aliphatic carbocycles. The largest absolute Gasteiger partial charge is 0.505 e. The average molecular weight is 421 g/mol. The van der Waals surface area contributed by atoms with Gasteiger partial charge in [-0.05, 0) is 44.2 Å². The third-order valence-electron chi connectivity index (χ3n) is 3.59. The van der Waals surface area contributed by atoms with Crippen LogP contribution in [0.5, 0.6) is 17.2 Å². The van der Waals surface area contributed by atoms with Gasteiger partial charge in [-0.3, -0.25) is 9.11 Å². The van der Waals surface area contributed by atoms with E-state index in [-0.39, 0.29) is 18.1 Å². The molecule has 1 aromatic heterocycles. The lowest BCUT2D eigenvalue weighted by Gasteiger charge is -2.11. The lowest BCUT2D eigenvalue weighted by atomic mass is 10.1. The van der Waals surface area contributed by atoms with Gasteiger partial charge in [-0.15, -0.1) is 0 Å². The van der Waals surface area contributed by atoms with E-state index < -0.39 is 16.4 Å². The van der Waals surface area contributed by atoms with Crippen LogP contribution in [0.15, 0.2) is 48.5 Å². The standard InChI is InChI=1S/C19H17NO4.H2O4S/c1-3-23-19(22)17-18(21)15-10-9-14(11-16(15)12(2)20-17)24-13-7-5-4-6-8-13;1-5(2,3)4/h4-11,21H,3H2,1-2H3;(H2,1,2,3,4). The molecule has 0 aliphatic heterocycles. The molecule has 0 bridgehead atoms. The summed E-state index contributed by atoms with van der Waals surface area (Å²) in [6.07, 6.45) is 0. The number of nitrogens with zero attached hydrogens (tertiary/aromatic N) is 1. The molecule has 0 saturated heterocycles. The van der Waals surface area contributed by atoms with Gasteiger partial charge in [-0.25, -0.2) is 9.78 Å². The fraction of sp³-hybridized carbons (Fsp3) is 0.158. The Hall–Kier alpha value is -3.21. The van der Waals surface area contributed by atoms with E-state index >= 15 is 0 Å². The summed E-state index contributed by atoms with van der Waals surface area (Å²) in [6.45, 7) is 3.70. The predicted octanol–water partition coefficient (Wildman–Crippen LogP) is 3.57. The maximum atomic E-state index is 11.9. The minimum atomic E-state index is -4.67. The van der Waals surface area contributed by atoms with Crippen molar-refractivity contribution in [3.05, 3.63) is 59.9 Å². The van der Waals surface area contributed by atoms with Gasteiger partial charge in [0.05, 0.1) is 6.61 Å².